The minimum absolute atomic E-state index is 0.0180. The second-order valence-corrected chi connectivity index (χ2v) is 7.15. The van der Waals surface area contributed by atoms with E-state index < -0.39 is 18.2 Å². The molecule has 1 heterocycles. The van der Waals surface area contributed by atoms with Crippen LogP contribution in [0.15, 0.2) is 91.2 Å². The van der Waals surface area contributed by atoms with Crippen LogP contribution < -0.4 is 5.32 Å². The lowest BCUT2D eigenvalue weighted by Gasteiger charge is -2.13. The van der Waals surface area contributed by atoms with E-state index in [4.69, 9.17) is 9.47 Å². The van der Waals surface area contributed by atoms with E-state index in [9.17, 15) is 14.7 Å². The van der Waals surface area contributed by atoms with Crippen LogP contribution in [0.5, 0.6) is 0 Å². The zero-order valence-electron chi connectivity index (χ0n) is 17.1. The lowest BCUT2D eigenvalue weighted by molar-refractivity contribution is -0.111. The average molecular weight is 427 g/mol. The van der Waals surface area contributed by atoms with Crippen molar-refractivity contribution in [2.45, 2.75) is 12.7 Å². The molecule has 1 aliphatic heterocycles. The number of benzene rings is 3. The van der Waals surface area contributed by atoms with Gasteiger partial charge < -0.3 is 19.9 Å². The summed E-state index contributed by atoms with van der Waals surface area (Å²) >= 11 is 0. The van der Waals surface area contributed by atoms with Crippen LogP contribution in [0.25, 0.3) is 11.8 Å². The second-order valence-electron chi connectivity index (χ2n) is 7.15. The summed E-state index contributed by atoms with van der Waals surface area (Å²) in [6, 6.07) is 23.8. The molecule has 160 valence electrons. The summed E-state index contributed by atoms with van der Waals surface area (Å²) in [5.74, 6) is -1.11. The fraction of sp³-hybridized carbons (Fsp3) is 0.0769. The molecule has 1 unspecified atom stereocenters. The van der Waals surface area contributed by atoms with Crippen molar-refractivity contribution in [2.75, 3.05) is 5.32 Å². The molecule has 0 radical (unpaired) electrons. The Kier molecular flexibility index (Phi) is 6.32. The molecule has 6 nitrogen and oxygen atoms in total. The lowest BCUT2D eigenvalue weighted by Crippen LogP contribution is -2.13. The van der Waals surface area contributed by atoms with Gasteiger partial charge in [0.2, 0.25) is 12.2 Å². The fourth-order valence-electron chi connectivity index (χ4n) is 3.27. The summed E-state index contributed by atoms with van der Waals surface area (Å²) in [6.07, 6.45) is 4.62. The van der Waals surface area contributed by atoms with E-state index in [1.165, 1.54) is 18.4 Å². The maximum Gasteiger partial charge on any atom is 0.337 e. The summed E-state index contributed by atoms with van der Waals surface area (Å²) in [5, 5.41) is 12.2. The van der Waals surface area contributed by atoms with Crippen LogP contribution in [-0.2, 0) is 20.7 Å². The van der Waals surface area contributed by atoms with Crippen molar-refractivity contribution in [1.29, 1.82) is 0 Å². The van der Waals surface area contributed by atoms with Crippen molar-refractivity contribution in [2.24, 2.45) is 0 Å². The van der Waals surface area contributed by atoms with Gasteiger partial charge in [-0.25, -0.2) is 4.79 Å². The predicted octanol–water partition coefficient (Wildman–Crippen LogP) is 4.95. The number of carbonyl (C=O) groups is 2. The zero-order valence-corrected chi connectivity index (χ0v) is 17.1. The van der Waals surface area contributed by atoms with E-state index in [0.717, 1.165) is 11.1 Å². The molecule has 0 saturated heterocycles. The monoisotopic (exact) mass is 427 g/mol. The molecule has 4 rings (SSSR count). The number of carboxylic acid groups (broad SMARTS) is 1. The summed E-state index contributed by atoms with van der Waals surface area (Å²) in [6.45, 7) is 0. The normalized spacial score (nSPS) is 15.0. The Labute approximate surface area is 185 Å². The van der Waals surface area contributed by atoms with Crippen LogP contribution >= 0.6 is 0 Å². The third-order valence-electron chi connectivity index (χ3n) is 4.85. The van der Waals surface area contributed by atoms with Gasteiger partial charge in [0, 0.05) is 18.1 Å². The van der Waals surface area contributed by atoms with Crippen LogP contribution in [0.4, 0.5) is 5.69 Å². The highest BCUT2D eigenvalue weighted by molar-refractivity contribution is 6.06. The van der Waals surface area contributed by atoms with E-state index in [1.807, 2.05) is 60.7 Å². The number of rotatable bonds is 7. The van der Waals surface area contributed by atoms with E-state index in [1.54, 1.807) is 18.2 Å². The molecule has 32 heavy (non-hydrogen) atoms. The first-order valence-electron chi connectivity index (χ1n) is 10.1. The predicted molar refractivity (Wildman–Crippen MR) is 122 cm³/mol. The molecular formula is C26H21NO5. The van der Waals surface area contributed by atoms with E-state index in [-0.39, 0.29) is 11.3 Å². The lowest BCUT2D eigenvalue weighted by atomic mass is 10.1. The summed E-state index contributed by atoms with van der Waals surface area (Å²) in [7, 11) is 0. The summed E-state index contributed by atoms with van der Waals surface area (Å²) in [4.78, 5) is 24.0. The van der Waals surface area contributed by atoms with Gasteiger partial charge in [0.1, 0.15) is 6.26 Å². The smallest absolute Gasteiger partial charge is 0.337 e. The maximum absolute atomic E-state index is 12.4. The van der Waals surface area contributed by atoms with Crippen molar-refractivity contribution in [1.82, 2.24) is 0 Å². The van der Waals surface area contributed by atoms with Crippen molar-refractivity contribution in [3.8, 4) is 0 Å². The van der Waals surface area contributed by atoms with Gasteiger partial charge in [-0.1, -0.05) is 66.7 Å². The zero-order chi connectivity index (χ0) is 22.3. The molecule has 0 aliphatic carbocycles. The molecule has 1 atom stereocenters. The van der Waals surface area contributed by atoms with Crippen LogP contribution in [0.3, 0.4) is 0 Å². The first-order valence-corrected chi connectivity index (χ1v) is 10.1. The fourth-order valence-corrected chi connectivity index (χ4v) is 3.27. The molecule has 6 heteroatoms. The van der Waals surface area contributed by atoms with Crippen LogP contribution in [0.2, 0.25) is 0 Å². The Balaban J connectivity index is 1.48. The highest BCUT2D eigenvalue weighted by Gasteiger charge is 2.22. The molecule has 0 saturated carbocycles. The van der Waals surface area contributed by atoms with Gasteiger partial charge in [-0.3, -0.25) is 4.79 Å². The summed E-state index contributed by atoms with van der Waals surface area (Å²) in [5.41, 5.74) is 2.70. The van der Waals surface area contributed by atoms with Crippen LogP contribution in [0, 0.1) is 0 Å². The molecule has 3 aromatic rings. The van der Waals surface area contributed by atoms with Crippen molar-refractivity contribution in [3.05, 3.63) is 113 Å². The molecule has 0 fully saturated rings. The number of anilines is 1. The number of ether oxygens (including phenoxy) is 2. The van der Waals surface area contributed by atoms with E-state index in [0.29, 0.717) is 17.7 Å². The number of hydrogen-bond donors (Lipinski definition) is 2. The molecule has 1 amide bonds. The van der Waals surface area contributed by atoms with Crippen LogP contribution in [-0.4, -0.2) is 23.3 Å². The van der Waals surface area contributed by atoms with Gasteiger partial charge in [-0.05, 0) is 29.3 Å². The third kappa shape index (κ3) is 5.23. The van der Waals surface area contributed by atoms with Crippen molar-refractivity contribution in [3.63, 3.8) is 0 Å². The third-order valence-corrected chi connectivity index (χ3v) is 4.85. The number of nitrogens with one attached hydrogen (secondary N) is 1. The Bertz CT molecular complexity index is 1170. The second kappa shape index (κ2) is 9.66. The van der Waals surface area contributed by atoms with Gasteiger partial charge >= 0.3 is 5.97 Å². The Morgan fingerprint density at radius 3 is 2.41 bits per heavy atom. The topological polar surface area (TPSA) is 84.9 Å². The minimum Gasteiger partial charge on any atom is -0.478 e. The molecule has 0 aromatic heterocycles. The van der Waals surface area contributed by atoms with Gasteiger partial charge in [0.25, 0.3) is 0 Å². The van der Waals surface area contributed by atoms with Crippen LogP contribution in [0.1, 0.15) is 27.0 Å². The molecular weight excluding hydrogens is 406 g/mol. The number of carboxylic acids is 1. The Morgan fingerprint density at radius 2 is 1.69 bits per heavy atom. The molecule has 3 aromatic carbocycles. The molecule has 1 aliphatic rings. The minimum atomic E-state index is -1.14. The largest absolute Gasteiger partial charge is 0.478 e. The van der Waals surface area contributed by atoms with Gasteiger partial charge in [-0.2, -0.15) is 0 Å². The number of aromatic carboxylic acids is 1. The highest BCUT2D eigenvalue weighted by atomic mass is 16.7. The Hall–Kier alpha value is -4.32. The first-order chi connectivity index (χ1) is 15.6. The average Bonchev–Trinajstić information content (AvgIpc) is 3.27. The highest BCUT2D eigenvalue weighted by Crippen LogP contribution is 2.29. The summed E-state index contributed by atoms with van der Waals surface area (Å²) < 4.78 is 11.5. The number of amides is 1. The molecule has 0 bridgehead atoms. The maximum atomic E-state index is 12.4. The standard InChI is InChI=1S/C26H21NO5/c28-24(14-11-18-7-3-1-4-8-18)27-22-16-20(12-13-21(22)26(29)30)23-17-31-25(32-23)15-19-9-5-2-6-10-19/h1-14,16-17,25H,15H2,(H,27,28)(H,29,30). The van der Waals surface area contributed by atoms with Gasteiger partial charge in [-0.15, -0.1) is 0 Å². The molecule has 2 N–H and O–H groups in total. The Morgan fingerprint density at radius 1 is 0.969 bits per heavy atom. The van der Waals surface area contributed by atoms with E-state index in [2.05, 4.69) is 5.32 Å². The van der Waals surface area contributed by atoms with Crippen molar-refractivity contribution >= 4 is 29.4 Å². The number of carbonyl (C=O) groups excluding carboxylic acids is 1. The van der Waals surface area contributed by atoms with E-state index >= 15 is 0 Å². The quantitative estimate of drug-likeness (QED) is 0.521. The van der Waals surface area contributed by atoms with Gasteiger partial charge in [0.05, 0.1) is 11.3 Å². The van der Waals surface area contributed by atoms with Gasteiger partial charge in [0.15, 0.2) is 5.76 Å². The SMILES string of the molecule is O=C(C=Cc1ccccc1)Nc1cc(C2=COC(Cc3ccccc3)O2)ccc1C(=O)O. The number of hydrogen-bond acceptors (Lipinski definition) is 4. The first kappa shape index (κ1) is 20.9. The van der Waals surface area contributed by atoms with Crippen molar-refractivity contribution < 1.29 is 24.2 Å². The molecule has 0 spiro atoms.